The number of rotatable bonds is 2. The summed E-state index contributed by atoms with van der Waals surface area (Å²) in [7, 11) is 0. The Morgan fingerprint density at radius 2 is 2.00 bits per heavy atom. The third kappa shape index (κ3) is 7.70. The van der Waals surface area contributed by atoms with Gasteiger partial charge in [-0.3, -0.25) is 4.79 Å². The SMILES string of the molecule is NC(CS)C(=O)O.NO. The van der Waals surface area contributed by atoms with Gasteiger partial charge in [0.15, 0.2) is 0 Å². The van der Waals surface area contributed by atoms with E-state index in [4.69, 9.17) is 16.0 Å². The summed E-state index contributed by atoms with van der Waals surface area (Å²) in [6.45, 7) is 0. The van der Waals surface area contributed by atoms with E-state index in [1.54, 1.807) is 0 Å². The summed E-state index contributed by atoms with van der Waals surface area (Å²) in [5.41, 5.74) is 4.94. The van der Waals surface area contributed by atoms with Crippen LogP contribution in [0, 0.1) is 0 Å². The fourth-order valence-corrected chi connectivity index (χ4v) is 0.234. The first kappa shape index (κ1) is 11.5. The van der Waals surface area contributed by atoms with Crippen LogP contribution in [0.5, 0.6) is 0 Å². The smallest absolute Gasteiger partial charge is 0.321 e. The van der Waals surface area contributed by atoms with Crippen LogP contribution in [0.25, 0.3) is 0 Å². The van der Waals surface area contributed by atoms with E-state index in [0.717, 1.165) is 0 Å². The summed E-state index contributed by atoms with van der Waals surface area (Å²) in [6.07, 6.45) is 0. The summed E-state index contributed by atoms with van der Waals surface area (Å²) in [6, 6.07) is -0.816. The normalized spacial score (nSPS) is 11.1. The average Bonchev–Trinajstić information content (AvgIpc) is 1.91. The molecule has 5 nitrogen and oxygen atoms in total. The Morgan fingerprint density at radius 3 is 2.00 bits per heavy atom. The van der Waals surface area contributed by atoms with Crippen LogP contribution in [-0.4, -0.2) is 28.1 Å². The molecule has 0 aliphatic heterocycles. The number of nitrogens with two attached hydrogens (primary N) is 2. The second-order valence-corrected chi connectivity index (χ2v) is 1.49. The first-order valence-electron chi connectivity index (χ1n) is 2.03. The van der Waals surface area contributed by atoms with Crippen molar-refractivity contribution in [3.05, 3.63) is 0 Å². The molecule has 0 bridgehead atoms. The van der Waals surface area contributed by atoms with E-state index in [9.17, 15) is 4.79 Å². The molecule has 1 unspecified atom stereocenters. The lowest BCUT2D eigenvalue weighted by atomic mass is 10.4. The minimum Gasteiger partial charge on any atom is -0.480 e. The van der Waals surface area contributed by atoms with Gasteiger partial charge in [0.2, 0.25) is 0 Å². The van der Waals surface area contributed by atoms with Gasteiger partial charge in [-0.15, -0.1) is 0 Å². The van der Waals surface area contributed by atoms with Crippen molar-refractivity contribution >= 4 is 18.6 Å². The maximum atomic E-state index is 9.76. The molecule has 0 aromatic rings. The lowest BCUT2D eigenvalue weighted by molar-refractivity contribution is -0.137. The zero-order chi connectivity index (χ0) is 7.86. The van der Waals surface area contributed by atoms with Gasteiger partial charge >= 0.3 is 5.97 Å². The molecule has 0 rings (SSSR count). The van der Waals surface area contributed by atoms with Gasteiger partial charge in [0.05, 0.1) is 0 Å². The molecule has 56 valence electrons. The Bertz CT molecular complexity index is 79.5. The van der Waals surface area contributed by atoms with E-state index in [1.165, 1.54) is 0 Å². The lowest BCUT2D eigenvalue weighted by Crippen LogP contribution is -2.31. The van der Waals surface area contributed by atoms with Crippen molar-refractivity contribution in [2.45, 2.75) is 6.04 Å². The van der Waals surface area contributed by atoms with Gasteiger partial charge in [0.25, 0.3) is 0 Å². The molecule has 0 aliphatic rings. The molecule has 6 N–H and O–H groups in total. The summed E-state index contributed by atoms with van der Waals surface area (Å²) in [5.74, 6) is 2.69. The number of hydrogen-bond acceptors (Lipinski definition) is 5. The largest absolute Gasteiger partial charge is 0.480 e. The van der Waals surface area contributed by atoms with Crippen LogP contribution < -0.4 is 11.6 Å². The third-order valence-corrected chi connectivity index (χ3v) is 0.907. The Balaban J connectivity index is 0. The predicted octanol–water partition coefficient (Wildman–Crippen LogP) is -1.34. The highest BCUT2D eigenvalue weighted by molar-refractivity contribution is 7.80. The molecule has 0 saturated carbocycles. The van der Waals surface area contributed by atoms with Crippen LogP contribution in [0.2, 0.25) is 0 Å². The highest BCUT2D eigenvalue weighted by Crippen LogP contribution is 1.80. The molecular formula is C3H10N2O3S. The standard InChI is InChI=1S/C3H7NO2S.H3NO/c4-2(1-7)3(5)6;1-2/h2,7H,1,4H2,(H,5,6);2H,1H2. The summed E-state index contributed by atoms with van der Waals surface area (Å²) in [4.78, 5) is 9.76. The molecule has 0 saturated heterocycles. The molecule has 0 aromatic carbocycles. The molecule has 0 aliphatic carbocycles. The van der Waals surface area contributed by atoms with Crippen LogP contribution in [-0.2, 0) is 4.79 Å². The van der Waals surface area contributed by atoms with E-state index in [1.807, 2.05) is 0 Å². The van der Waals surface area contributed by atoms with Crippen LogP contribution in [0.15, 0.2) is 0 Å². The number of aliphatic carboxylic acids is 1. The van der Waals surface area contributed by atoms with Crippen molar-refractivity contribution in [3.63, 3.8) is 0 Å². The van der Waals surface area contributed by atoms with Gasteiger partial charge in [-0.2, -0.15) is 12.6 Å². The van der Waals surface area contributed by atoms with Gasteiger partial charge in [-0.05, 0) is 0 Å². The maximum absolute atomic E-state index is 9.76. The first-order chi connectivity index (χ1) is 4.18. The minimum atomic E-state index is -1.00. The van der Waals surface area contributed by atoms with Crippen LogP contribution in [0.1, 0.15) is 0 Å². The molecule has 0 fully saturated rings. The highest BCUT2D eigenvalue weighted by atomic mass is 32.1. The van der Waals surface area contributed by atoms with Crippen LogP contribution >= 0.6 is 12.6 Å². The van der Waals surface area contributed by atoms with E-state index < -0.39 is 12.0 Å². The lowest BCUT2D eigenvalue weighted by Gasteiger charge is -1.96. The fourth-order valence-electron chi connectivity index (χ4n) is 0.0781. The Hall–Kier alpha value is -0.300. The monoisotopic (exact) mass is 154 g/mol. The Morgan fingerprint density at radius 1 is 1.67 bits per heavy atom. The van der Waals surface area contributed by atoms with E-state index in [0.29, 0.717) is 0 Å². The zero-order valence-corrected chi connectivity index (χ0v) is 5.58. The summed E-state index contributed by atoms with van der Waals surface area (Å²) in [5, 5.41) is 14.5. The average molecular weight is 154 g/mol. The highest BCUT2D eigenvalue weighted by Gasteiger charge is 2.06. The minimum absolute atomic E-state index is 0.190. The third-order valence-electron chi connectivity index (χ3n) is 0.514. The van der Waals surface area contributed by atoms with E-state index in [-0.39, 0.29) is 5.75 Å². The van der Waals surface area contributed by atoms with Gasteiger partial charge in [-0.25, -0.2) is 5.90 Å². The van der Waals surface area contributed by atoms with Crippen LogP contribution in [0.3, 0.4) is 0 Å². The molecule has 0 radical (unpaired) electrons. The Kier molecular flexibility index (Phi) is 9.83. The number of thiol groups is 1. The summed E-state index contributed by atoms with van der Waals surface area (Å²) >= 11 is 3.65. The molecule has 0 spiro atoms. The molecule has 6 heteroatoms. The topological polar surface area (TPSA) is 110 Å². The van der Waals surface area contributed by atoms with Gasteiger partial charge in [0, 0.05) is 5.75 Å². The number of carboxylic acids is 1. The van der Waals surface area contributed by atoms with Crippen molar-refractivity contribution in [2.75, 3.05) is 5.75 Å². The van der Waals surface area contributed by atoms with Crippen molar-refractivity contribution < 1.29 is 15.1 Å². The van der Waals surface area contributed by atoms with Gasteiger partial charge in [-0.1, -0.05) is 0 Å². The number of hydrogen-bond donors (Lipinski definition) is 5. The number of carboxylic acid groups (broad SMARTS) is 1. The number of carbonyl (C=O) groups is 1. The van der Waals surface area contributed by atoms with E-state index >= 15 is 0 Å². The fraction of sp³-hybridized carbons (Fsp3) is 0.667. The zero-order valence-electron chi connectivity index (χ0n) is 4.69. The van der Waals surface area contributed by atoms with Gasteiger partial charge in [0.1, 0.15) is 6.04 Å². The first-order valence-corrected chi connectivity index (χ1v) is 2.66. The maximum Gasteiger partial charge on any atom is 0.321 e. The van der Waals surface area contributed by atoms with Crippen molar-refractivity contribution in [2.24, 2.45) is 11.6 Å². The molecule has 9 heavy (non-hydrogen) atoms. The summed E-state index contributed by atoms with van der Waals surface area (Å²) < 4.78 is 0. The molecule has 0 heterocycles. The Labute approximate surface area is 58.0 Å². The quantitative estimate of drug-likeness (QED) is 0.250. The van der Waals surface area contributed by atoms with Crippen molar-refractivity contribution in [3.8, 4) is 0 Å². The second kappa shape index (κ2) is 7.70. The van der Waals surface area contributed by atoms with Crippen molar-refractivity contribution in [1.82, 2.24) is 0 Å². The predicted molar refractivity (Wildman–Crippen MR) is 35.4 cm³/mol. The molecule has 0 aromatic heterocycles. The van der Waals surface area contributed by atoms with E-state index in [2.05, 4.69) is 18.5 Å². The molecule has 1 atom stereocenters. The van der Waals surface area contributed by atoms with Gasteiger partial charge < -0.3 is 16.0 Å². The second-order valence-electron chi connectivity index (χ2n) is 1.13. The van der Waals surface area contributed by atoms with Crippen LogP contribution in [0.4, 0.5) is 0 Å². The molecular weight excluding hydrogens is 144 g/mol. The molecule has 0 amide bonds. The van der Waals surface area contributed by atoms with Crippen molar-refractivity contribution in [1.29, 1.82) is 0 Å².